The molecule has 0 heterocycles. The summed E-state index contributed by atoms with van der Waals surface area (Å²) >= 11 is 0. The number of rotatable bonds is 2. The van der Waals surface area contributed by atoms with Crippen molar-refractivity contribution in [3.8, 4) is 6.07 Å². The highest BCUT2D eigenvalue weighted by Gasteiger charge is 2.10. The van der Waals surface area contributed by atoms with Gasteiger partial charge in [-0.05, 0) is 19.1 Å². The third kappa shape index (κ3) is 2.44. The minimum absolute atomic E-state index is 0.0370. The number of nitrogens with zero attached hydrogens (tertiary/aromatic N) is 3. The average Bonchev–Trinajstić information content (AvgIpc) is 2.16. The number of anilines is 1. The first-order chi connectivity index (χ1) is 7.06. The summed E-state index contributed by atoms with van der Waals surface area (Å²) in [5.41, 5.74) is 5.75. The maximum Gasteiger partial charge on any atom is 0.143 e. The van der Waals surface area contributed by atoms with Gasteiger partial charge in [-0.3, -0.25) is 5.01 Å². The third-order valence-corrected chi connectivity index (χ3v) is 1.76. The fraction of sp³-hybridized carbons (Fsp3) is 0.200. The maximum absolute atomic E-state index is 13.2. The molecule has 0 amide bonds. The lowest BCUT2D eigenvalue weighted by molar-refractivity contribution is 0.623. The molecule has 0 aliphatic heterocycles. The molecule has 15 heavy (non-hydrogen) atoms. The summed E-state index contributed by atoms with van der Waals surface area (Å²) in [6.07, 6.45) is 0. The first kappa shape index (κ1) is 11.0. The molecule has 0 fully saturated rings. The molecule has 2 N–H and O–H groups in total. The van der Waals surface area contributed by atoms with Gasteiger partial charge in [0.2, 0.25) is 0 Å². The Bertz CT molecular complexity index is 430. The van der Waals surface area contributed by atoms with Crippen LogP contribution in [0.25, 0.3) is 0 Å². The molecule has 0 saturated heterocycles. The zero-order chi connectivity index (χ0) is 11.4. The minimum atomic E-state index is -0.563. The van der Waals surface area contributed by atoms with Crippen molar-refractivity contribution in [3.63, 3.8) is 0 Å². The smallest absolute Gasteiger partial charge is 0.143 e. The van der Waals surface area contributed by atoms with Gasteiger partial charge in [-0.2, -0.15) is 10.4 Å². The summed E-state index contributed by atoms with van der Waals surface area (Å²) in [7, 11) is 1.60. The van der Waals surface area contributed by atoms with Gasteiger partial charge in [0.15, 0.2) is 0 Å². The van der Waals surface area contributed by atoms with Crippen LogP contribution in [0.1, 0.15) is 12.5 Å². The molecule has 1 aromatic rings. The summed E-state index contributed by atoms with van der Waals surface area (Å²) in [6, 6.07) is 6.14. The van der Waals surface area contributed by atoms with Crippen LogP contribution in [0.15, 0.2) is 23.3 Å². The second-order valence-electron chi connectivity index (χ2n) is 3.01. The summed E-state index contributed by atoms with van der Waals surface area (Å²) in [4.78, 5) is 0. The standard InChI is InChI=1S/C10H11FN4/c1-7(13)14-15(2)10-5-3-4-9(11)8(10)6-12/h3-5H,1-2H3,(H2,13,14). The molecule has 0 aromatic heterocycles. The molecule has 1 aromatic carbocycles. The highest BCUT2D eigenvalue weighted by atomic mass is 19.1. The second-order valence-corrected chi connectivity index (χ2v) is 3.01. The van der Waals surface area contributed by atoms with Crippen LogP contribution in [-0.2, 0) is 0 Å². The van der Waals surface area contributed by atoms with Crippen molar-refractivity contribution in [3.05, 3.63) is 29.6 Å². The number of benzene rings is 1. The predicted octanol–water partition coefficient (Wildman–Crippen LogP) is 1.43. The third-order valence-electron chi connectivity index (χ3n) is 1.76. The van der Waals surface area contributed by atoms with Crippen LogP contribution in [0.2, 0.25) is 0 Å². The van der Waals surface area contributed by atoms with Crippen molar-refractivity contribution in [1.82, 2.24) is 0 Å². The summed E-state index contributed by atoms with van der Waals surface area (Å²) in [5.74, 6) is -0.225. The van der Waals surface area contributed by atoms with Crippen molar-refractivity contribution in [2.45, 2.75) is 6.92 Å². The van der Waals surface area contributed by atoms with E-state index in [1.807, 2.05) is 0 Å². The van der Waals surface area contributed by atoms with Gasteiger partial charge in [-0.1, -0.05) is 6.07 Å². The zero-order valence-electron chi connectivity index (χ0n) is 8.53. The summed E-state index contributed by atoms with van der Waals surface area (Å²) in [5, 5.41) is 14.1. The molecule has 0 aliphatic carbocycles. The van der Waals surface area contributed by atoms with E-state index in [9.17, 15) is 4.39 Å². The van der Waals surface area contributed by atoms with Gasteiger partial charge >= 0.3 is 0 Å². The lowest BCUT2D eigenvalue weighted by Crippen LogP contribution is -2.17. The zero-order valence-corrected chi connectivity index (χ0v) is 8.53. The van der Waals surface area contributed by atoms with Crippen LogP contribution in [0.3, 0.4) is 0 Å². The number of hydrazone groups is 1. The topological polar surface area (TPSA) is 65.4 Å². The molecule has 0 radical (unpaired) electrons. The number of amidine groups is 1. The van der Waals surface area contributed by atoms with Crippen molar-refractivity contribution in [2.24, 2.45) is 10.8 Å². The quantitative estimate of drug-likeness (QED) is 0.452. The SMILES string of the molecule is C/C(N)=N\N(C)c1cccc(F)c1C#N. The normalized spacial score (nSPS) is 10.9. The van der Waals surface area contributed by atoms with Crippen LogP contribution in [0, 0.1) is 17.1 Å². The van der Waals surface area contributed by atoms with E-state index in [1.54, 1.807) is 26.1 Å². The molecule has 0 unspecified atom stereocenters. The van der Waals surface area contributed by atoms with Crippen molar-refractivity contribution in [2.75, 3.05) is 12.1 Å². The van der Waals surface area contributed by atoms with E-state index in [0.717, 1.165) is 0 Å². The lowest BCUT2D eigenvalue weighted by atomic mass is 10.2. The number of nitrogens with two attached hydrogens (primary N) is 1. The lowest BCUT2D eigenvalue weighted by Gasteiger charge is -2.14. The van der Waals surface area contributed by atoms with Crippen LogP contribution < -0.4 is 10.7 Å². The Balaban J connectivity index is 3.21. The Labute approximate surface area is 87.4 Å². The van der Waals surface area contributed by atoms with E-state index in [0.29, 0.717) is 11.5 Å². The highest BCUT2D eigenvalue weighted by molar-refractivity contribution is 5.78. The summed E-state index contributed by atoms with van der Waals surface area (Å²) in [6.45, 7) is 1.61. The van der Waals surface area contributed by atoms with Crippen molar-refractivity contribution >= 4 is 11.5 Å². The predicted molar refractivity (Wildman–Crippen MR) is 56.8 cm³/mol. The van der Waals surface area contributed by atoms with E-state index >= 15 is 0 Å². The van der Waals surface area contributed by atoms with E-state index in [2.05, 4.69) is 5.10 Å². The van der Waals surface area contributed by atoms with Gasteiger partial charge < -0.3 is 5.73 Å². The van der Waals surface area contributed by atoms with Crippen LogP contribution in [-0.4, -0.2) is 12.9 Å². The van der Waals surface area contributed by atoms with Gasteiger partial charge in [0.05, 0.1) is 5.69 Å². The number of hydrogen-bond acceptors (Lipinski definition) is 3. The highest BCUT2D eigenvalue weighted by Crippen LogP contribution is 2.21. The fourth-order valence-corrected chi connectivity index (χ4v) is 1.18. The molecule has 0 aliphatic rings. The number of halogens is 1. The largest absolute Gasteiger partial charge is 0.386 e. The fourth-order valence-electron chi connectivity index (χ4n) is 1.18. The monoisotopic (exact) mass is 206 g/mol. The number of nitriles is 1. The minimum Gasteiger partial charge on any atom is -0.386 e. The molecular formula is C10H11FN4. The molecule has 0 atom stereocenters. The second kappa shape index (κ2) is 4.42. The van der Waals surface area contributed by atoms with Crippen molar-refractivity contribution in [1.29, 1.82) is 5.26 Å². The maximum atomic E-state index is 13.2. The molecule has 4 nitrogen and oxygen atoms in total. The first-order valence-corrected chi connectivity index (χ1v) is 4.29. The van der Waals surface area contributed by atoms with Crippen molar-refractivity contribution < 1.29 is 4.39 Å². The van der Waals surface area contributed by atoms with E-state index in [1.165, 1.54) is 17.1 Å². The summed E-state index contributed by atoms with van der Waals surface area (Å²) < 4.78 is 13.2. The Morgan fingerprint density at radius 1 is 1.60 bits per heavy atom. The van der Waals surface area contributed by atoms with Crippen LogP contribution in [0.5, 0.6) is 0 Å². The van der Waals surface area contributed by atoms with Gasteiger partial charge in [0.1, 0.15) is 23.3 Å². The molecule has 5 heteroatoms. The van der Waals surface area contributed by atoms with E-state index in [-0.39, 0.29) is 5.56 Å². The average molecular weight is 206 g/mol. The Morgan fingerprint density at radius 2 is 2.27 bits per heavy atom. The Hall–Kier alpha value is -2.09. The van der Waals surface area contributed by atoms with E-state index < -0.39 is 5.82 Å². The molecule has 0 spiro atoms. The Morgan fingerprint density at radius 3 is 2.80 bits per heavy atom. The molecule has 78 valence electrons. The molecular weight excluding hydrogens is 195 g/mol. The van der Waals surface area contributed by atoms with Crippen LogP contribution >= 0.6 is 0 Å². The number of hydrogen-bond donors (Lipinski definition) is 1. The Kier molecular flexibility index (Phi) is 3.24. The van der Waals surface area contributed by atoms with Gasteiger partial charge in [-0.15, -0.1) is 0 Å². The first-order valence-electron chi connectivity index (χ1n) is 4.29. The van der Waals surface area contributed by atoms with Gasteiger partial charge in [-0.25, -0.2) is 4.39 Å². The van der Waals surface area contributed by atoms with Gasteiger partial charge in [0, 0.05) is 7.05 Å². The molecule has 0 saturated carbocycles. The molecule has 0 bridgehead atoms. The molecule has 1 rings (SSSR count). The van der Waals surface area contributed by atoms with Gasteiger partial charge in [0.25, 0.3) is 0 Å². The van der Waals surface area contributed by atoms with Crippen LogP contribution in [0.4, 0.5) is 10.1 Å². The van der Waals surface area contributed by atoms with E-state index in [4.69, 9.17) is 11.0 Å².